The van der Waals surface area contributed by atoms with Crippen LogP contribution in [0, 0.1) is 0 Å². The molecule has 0 radical (unpaired) electrons. The van der Waals surface area contributed by atoms with E-state index in [4.69, 9.17) is 9.47 Å². The van der Waals surface area contributed by atoms with Crippen LogP contribution in [0.2, 0.25) is 0 Å². The van der Waals surface area contributed by atoms with Crippen LogP contribution in [0.25, 0.3) is 0 Å². The van der Waals surface area contributed by atoms with Gasteiger partial charge in [-0.05, 0) is 43.4 Å². The highest BCUT2D eigenvalue weighted by Crippen LogP contribution is 2.44. The molecule has 2 aliphatic heterocycles. The van der Waals surface area contributed by atoms with Crippen LogP contribution < -0.4 is 14.8 Å². The second-order valence-electron chi connectivity index (χ2n) is 8.06. The van der Waals surface area contributed by atoms with E-state index in [1.807, 2.05) is 18.2 Å². The van der Waals surface area contributed by atoms with Crippen molar-refractivity contribution in [2.45, 2.75) is 50.0 Å². The van der Waals surface area contributed by atoms with E-state index in [0.29, 0.717) is 44.9 Å². The fraction of sp³-hybridized carbons (Fsp3) is 0.650. The largest absolute Gasteiger partial charge is 0.486 e. The van der Waals surface area contributed by atoms with Gasteiger partial charge in [-0.25, -0.2) is 12.7 Å². The fourth-order valence-electron chi connectivity index (χ4n) is 4.62. The molecular formula is C20H28N2O5S. The van der Waals surface area contributed by atoms with E-state index >= 15 is 0 Å². The third kappa shape index (κ3) is 3.72. The van der Waals surface area contributed by atoms with Crippen molar-refractivity contribution in [1.82, 2.24) is 9.62 Å². The molecule has 2 fully saturated rings. The Labute approximate surface area is 166 Å². The van der Waals surface area contributed by atoms with Gasteiger partial charge in [-0.1, -0.05) is 18.9 Å². The molecule has 1 saturated heterocycles. The molecular weight excluding hydrogens is 380 g/mol. The summed E-state index contributed by atoms with van der Waals surface area (Å²) < 4.78 is 36.2. The number of carbonyl (C=O) groups is 1. The Hall–Kier alpha value is -1.80. The predicted octanol–water partition coefficient (Wildman–Crippen LogP) is 1.81. The van der Waals surface area contributed by atoms with Crippen LogP contribution in [-0.4, -0.2) is 57.2 Å². The van der Waals surface area contributed by atoms with Crippen LogP contribution in [0.15, 0.2) is 18.2 Å². The third-order valence-corrected chi connectivity index (χ3v) is 7.55. The molecule has 0 unspecified atom stereocenters. The Bertz CT molecular complexity index is 840. The van der Waals surface area contributed by atoms with E-state index < -0.39 is 15.4 Å². The lowest BCUT2D eigenvalue weighted by Gasteiger charge is -2.35. The summed E-state index contributed by atoms with van der Waals surface area (Å²) in [6, 6.07) is 5.87. The molecule has 154 valence electrons. The number of fused-ring (bicyclic) bond motifs is 1. The number of carbonyl (C=O) groups excluding carboxylic acids is 1. The smallest absolute Gasteiger partial charge is 0.230 e. The average molecular weight is 409 g/mol. The molecule has 1 aliphatic carbocycles. The zero-order valence-corrected chi connectivity index (χ0v) is 17.1. The highest BCUT2D eigenvalue weighted by atomic mass is 32.2. The second kappa shape index (κ2) is 7.55. The SMILES string of the molecule is CS(=O)(=O)N1CCC(NC(=O)C2(c3ccc4c(c3)OCCO4)CCCC2)CC1. The van der Waals surface area contributed by atoms with Gasteiger partial charge in [0.1, 0.15) is 13.2 Å². The normalized spacial score (nSPS) is 22.8. The Morgan fingerprint density at radius 3 is 2.39 bits per heavy atom. The monoisotopic (exact) mass is 408 g/mol. The molecule has 1 saturated carbocycles. The molecule has 0 spiro atoms. The first-order chi connectivity index (χ1) is 13.4. The van der Waals surface area contributed by atoms with Crippen molar-refractivity contribution in [2.75, 3.05) is 32.6 Å². The number of sulfonamides is 1. The van der Waals surface area contributed by atoms with Gasteiger partial charge in [-0.15, -0.1) is 0 Å². The van der Waals surface area contributed by atoms with E-state index in [9.17, 15) is 13.2 Å². The quantitative estimate of drug-likeness (QED) is 0.821. The number of amides is 1. The molecule has 0 bridgehead atoms. The number of nitrogens with one attached hydrogen (secondary N) is 1. The first-order valence-electron chi connectivity index (χ1n) is 10.0. The lowest BCUT2D eigenvalue weighted by molar-refractivity contribution is -0.127. The van der Waals surface area contributed by atoms with Crippen LogP contribution in [0.3, 0.4) is 0 Å². The van der Waals surface area contributed by atoms with Crippen molar-refractivity contribution in [1.29, 1.82) is 0 Å². The van der Waals surface area contributed by atoms with Crippen LogP contribution in [0.5, 0.6) is 11.5 Å². The summed E-state index contributed by atoms with van der Waals surface area (Å²) in [6.07, 6.45) is 6.22. The summed E-state index contributed by atoms with van der Waals surface area (Å²) in [4.78, 5) is 13.4. The molecule has 0 aromatic heterocycles. The van der Waals surface area contributed by atoms with Crippen LogP contribution in [-0.2, 0) is 20.2 Å². The van der Waals surface area contributed by atoms with Gasteiger partial charge in [0.25, 0.3) is 0 Å². The fourth-order valence-corrected chi connectivity index (χ4v) is 5.50. The number of rotatable bonds is 4. The molecule has 4 rings (SSSR count). The topological polar surface area (TPSA) is 84.9 Å². The third-order valence-electron chi connectivity index (χ3n) is 6.24. The zero-order valence-electron chi connectivity index (χ0n) is 16.3. The van der Waals surface area contributed by atoms with Crippen molar-refractivity contribution < 1.29 is 22.7 Å². The van der Waals surface area contributed by atoms with Gasteiger partial charge >= 0.3 is 0 Å². The van der Waals surface area contributed by atoms with Gasteiger partial charge in [0, 0.05) is 19.1 Å². The maximum atomic E-state index is 13.4. The van der Waals surface area contributed by atoms with Crippen molar-refractivity contribution >= 4 is 15.9 Å². The van der Waals surface area contributed by atoms with Crippen LogP contribution >= 0.6 is 0 Å². The standard InChI is InChI=1S/C20H28N2O5S/c1-28(24,25)22-10-6-16(7-11-22)21-19(23)20(8-2-3-9-20)15-4-5-17-18(14-15)27-13-12-26-17/h4-5,14,16H,2-3,6-13H2,1H3,(H,21,23). The molecule has 0 atom stereocenters. The molecule has 8 heteroatoms. The zero-order chi connectivity index (χ0) is 19.8. The Morgan fingerprint density at radius 1 is 1.11 bits per heavy atom. The Balaban J connectivity index is 1.49. The predicted molar refractivity (Wildman–Crippen MR) is 105 cm³/mol. The number of ether oxygens (including phenoxy) is 2. The number of hydrogen-bond donors (Lipinski definition) is 1. The first-order valence-corrected chi connectivity index (χ1v) is 11.9. The van der Waals surface area contributed by atoms with E-state index in [0.717, 1.165) is 37.0 Å². The van der Waals surface area contributed by atoms with Gasteiger partial charge in [-0.3, -0.25) is 4.79 Å². The first kappa shape index (κ1) is 19.5. The van der Waals surface area contributed by atoms with Crippen LogP contribution in [0.4, 0.5) is 0 Å². The lowest BCUT2D eigenvalue weighted by atomic mass is 9.77. The summed E-state index contributed by atoms with van der Waals surface area (Å²) in [5.41, 5.74) is 0.449. The van der Waals surface area contributed by atoms with E-state index in [1.54, 1.807) is 0 Å². The number of piperidine rings is 1. The molecule has 1 aromatic rings. The van der Waals surface area contributed by atoms with Gasteiger partial charge < -0.3 is 14.8 Å². The van der Waals surface area contributed by atoms with Gasteiger partial charge in [-0.2, -0.15) is 0 Å². The second-order valence-corrected chi connectivity index (χ2v) is 10.0. The lowest BCUT2D eigenvalue weighted by Crippen LogP contribution is -2.51. The van der Waals surface area contributed by atoms with E-state index in [2.05, 4.69) is 5.32 Å². The summed E-state index contributed by atoms with van der Waals surface area (Å²) >= 11 is 0. The number of hydrogen-bond acceptors (Lipinski definition) is 5. The summed E-state index contributed by atoms with van der Waals surface area (Å²) in [7, 11) is -3.16. The highest BCUT2D eigenvalue weighted by molar-refractivity contribution is 7.88. The minimum Gasteiger partial charge on any atom is -0.486 e. The summed E-state index contributed by atoms with van der Waals surface area (Å²) in [5, 5.41) is 3.22. The van der Waals surface area contributed by atoms with Crippen molar-refractivity contribution in [3.63, 3.8) is 0 Å². The van der Waals surface area contributed by atoms with Gasteiger partial charge in [0.05, 0.1) is 11.7 Å². The van der Waals surface area contributed by atoms with E-state index in [1.165, 1.54) is 10.6 Å². The minimum absolute atomic E-state index is 0.0141. The maximum Gasteiger partial charge on any atom is 0.230 e. The van der Waals surface area contributed by atoms with Gasteiger partial charge in [0.2, 0.25) is 15.9 Å². The van der Waals surface area contributed by atoms with Crippen molar-refractivity contribution in [2.24, 2.45) is 0 Å². The average Bonchev–Trinajstić information content (AvgIpc) is 3.18. The Morgan fingerprint density at radius 2 is 1.75 bits per heavy atom. The van der Waals surface area contributed by atoms with Gasteiger partial charge in [0.15, 0.2) is 11.5 Å². The summed E-state index contributed by atoms with van der Waals surface area (Å²) in [5.74, 6) is 1.50. The molecule has 1 aromatic carbocycles. The molecule has 2 heterocycles. The number of nitrogens with zero attached hydrogens (tertiary/aromatic N) is 1. The van der Waals surface area contributed by atoms with Crippen molar-refractivity contribution in [3.05, 3.63) is 23.8 Å². The Kier molecular flexibility index (Phi) is 5.26. The molecule has 3 aliphatic rings. The molecule has 1 N–H and O–H groups in total. The van der Waals surface area contributed by atoms with Crippen molar-refractivity contribution in [3.8, 4) is 11.5 Å². The minimum atomic E-state index is -3.16. The maximum absolute atomic E-state index is 13.4. The molecule has 7 nitrogen and oxygen atoms in total. The van der Waals surface area contributed by atoms with Crippen LogP contribution in [0.1, 0.15) is 44.1 Å². The number of benzene rings is 1. The molecule has 28 heavy (non-hydrogen) atoms. The highest BCUT2D eigenvalue weighted by Gasteiger charge is 2.44. The summed E-state index contributed by atoms with van der Waals surface area (Å²) in [6.45, 7) is 1.99. The molecule has 1 amide bonds. The van der Waals surface area contributed by atoms with E-state index in [-0.39, 0.29) is 11.9 Å².